The highest BCUT2D eigenvalue weighted by molar-refractivity contribution is 5.76. The average Bonchev–Trinajstić information content (AvgIpc) is 3.00. The maximum atomic E-state index is 12.9. The Morgan fingerprint density at radius 2 is 2.08 bits per heavy atom. The summed E-state index contributed by atoms with van der Waals surface area (Å²) in [7, 11) is 1.60. The molecule has 1 fully saturated rings. The van der Waals surface area contributed by atoms with Crippen molar-refractivity contribution in [3.8, 4) is 11.5 Å². The molecule has 7 heteroatoms. The molecule has 4 rings (SSSR count). The molecule has 0 radical (unpaired) electrons. The molecule has 0 aliphatic carbocycles. The van der Waals surface area contributed by atoms with Crippen LogP contribution in [0.1, 0.15) is 5.69 Å². The van der Waals surface area contributed by atoms with Crippen LogP contribution in [0.3, 0.4) is 0 Å². The van der Waals surface area contributed by atoms with E-state index in [9.17, 15) is 4.39 Å². The Labute approximate surface area is 137 Å². The second-order valence-corrected chi connectivity index (χ2v) is 5.61. The second-order valence-electron chi connectivity index (χ2n) is 5.61. The van der Waals surface area contributed by atoms with Gasteiger partial charge in [0.1, 0.15) is 29.8 Å². The van der Waals surface area contributed by atoms with Crippen LogP contribution in [0.4, 0.5) is 10.4 Å². The van der Waals surface area contributed by atoms with E-state index in [1.807, 2.05) is 18.2 Å². The van der Waals surface area contributed by atoms with Crippen molar-refractivity contribution in [2.75, 3.05) is 25.1 Å². The van der Waals surface area contributed by atoms with Gasteiger partial charge in [-0.25, -0.2) is 4.39 Å². The van der Waals surface area contributed by atoms with Crippen LogP contribution >= 0.6 is 0 Å². The van der Waals surface area contributed by atoms with E-state index in [4.69, 9.17) is 13.9 Å². The van der Waals surface area contributed by atoms with Crippen LogP contribution in [0.5, 0.6) is 11.5 Å². The first-order valence-electron chi connectivity index (χ1n) is 7.62. The first-order chi connectivity index (χ1) is 11.7. The fourth-order valence-electron chi connectivity index (χ4n) is 2.48. The minimum atomic E-state index is -0.795. The minimum Gasteiger partial charge on any atom is -0.495 e. The zero-order valence-corrected chi connectivity index (χ0v) is 13.1. The highest BCUT2D eigenvalue weighted by Crippen LogP contribution is 2.28. The lowest BCUT2D eigenvalue weighted by atomic mass is 10.2. The van der Waals surface area contributed by atoms with Gasteiger partial charge in [-0.05, 0) is 24.3 Å². The predicted molar refractivity (Wildman–Crippen MR) is 86.2 cm³/mol. The Hall–Kier alpha value is -2.83. The molecule has 1 aliphatic heterocycles. The average molecular weight is 329 g/mol. The Balaban J connectivity index is 1.45. The minimum absolute atomic E-state index is 0.333. The van der Waals surface area contributed by atoms with E-state index >= 15 is 0 Å². The maximum Gasteiger partial charge on any atom is 0.298 e. The molecule has 1 saturated heterocycles. The third-order valence-corrected chi connectivity index (χ3v) is 3.88. The van der Waals surface area contributed by atoms with E-state index < -0.39 is 6.17 Å². The van der Waals surface area contributed by atoms with Gasteiger partial charge >= 0.3 is 0 Å². The van der Waals surface area contributed by atoms with Crippen molar-refractivity contribution < 1.29 is 18.3 Å². The molecule has 1 aromatic carbocycles. The van der Waals surface area contributed by atoms with Gasteiger partial charge in [0.05, 0.1) is 32.1 Å². The first kappa shape index (κ1) is 14.7. The number of anilines is 1. The smallest absolute Gasteiger partial charge is 0.298 e. The fraction of sp³-hybridized carbons (Fsp3) is 0.294. The summed E-state index contributed by atoms with van der Waals surface area (Å²) in [4.78, 5) is 10.4. The van der Waals surface area contributed by atoms with Crippen molar-refractivity contribution in [1.82, 2.24) is 9.97 Å². The van der Waals surface area contributed by atoms with Crippen molar-refractivity contribution in [3.63, 3.8) is 0 Å². The van der Waals surface area contributed by atoms with E-state index in [0.29, 0.717) is 48.3 Å². The lowest BCUT2D eigenvalue weighted by Crippen LogP contribution is -2.48. The van der Waals surface area contributed by atoms with Crippen LogP contribution in [0.25, 0.3) is 11.1 Å². The molecule has 1 aliphatic rings. The molecule has 0 atom stereocenters. The third-order valence-electron chi connectivity index (χ3n) is 3.88. The summed E-state index contributed by atoms with van der Waals surface area (Å²) in [5.41, 5.74) is 2.14. The Bertz CT molecular complexity index is 844. The van der Waals surface area contributed by atoms with Gasteiger partial charge in [0.2, 0.25) is 0 Å². The number of oxazole rings is 1. The van der Waals surface area contributed by atoms with Crippen LogP contribution in [0.15, 0.2) is 40.9 Å². The zero-order valence-electron chi connectivity index (χ0n) is 13.1. The highest BCUT2D eigenvalue weighted by Gasteiger charge is 2.29. The number of methoxy groups -OCH3 is 1. The summed E-state index contributed by atoms with van der Waals surface area (Å²) in [5.74, 6) is 1.38. The molecule has 0 saturated carbocycles. The Morgan fingerprint density at radius 1 is 1.25 bits per heavy atom. The molecule has 6 nitrogen and oxygen atoms in total. The summed E-state index contributed by atoms with van der Waals surface area (Å²) in [6, 6.07) is 9.56. The number of hydrogen-bond acceptors (Lipinski definition) is 6. The van der Waals surface area contributed by atoms with E-state index in [2.05, 4.69) is 9.97 Å². The first-order valence-corrected chi connectivity index (χ1v) is 7.62. The van der Waals surface area contributed by atoms with E-state index in [1.165, 1.54) is 0 Å². The molecule has 0 spiro atoms. The number of nitrogens with zero attached hydrogens (tertiary/aromatic N) is 3. The summed E-state index contributed by atoms with van der Waals surface area (Å²) >= 11 is 0. The summed E-state index contributed by atoms with van der Waals surface area (Å²) in [6.07, 6.45) is 0.854. The largest absolute Gasteiger partial charge is 0.495 e. The number of ether oxygens (including phenoxy) is 2. The van der Waals surface area contributed by atoms with Crippen LogP contribution in [0.2, 0.25) is 0 Å². The maximum absolute atomic E-state index is 12.9. The number of alkyl halides is 1. The molecule has 24 heavy (non-hydrogen) atoms. The lowest BCUT2D eigenvalue weighted by molar-refractivity contribution is 0.264. The SMILES string of the molecule is COc1ccc(COc2ccc3oc(N4CC(F)C4)nc3c2)nc1. The van der Waals surface area contributed by atoms with Crippen LogP contribution in [-0.4, -0.2) is 36.3 Å². The normalized spacial score (nSPS) is 14.7. The molecule has 0 N–H and O–H groups in total. The second kappa shape index (κ2) is 5.99. The quantitative estimate of drug-likeness (QED) is 0.717. The van der Waals surface area contributed by atoms with Gasteiger partial charge < -0.3 is 18.8 Å². The molecule has 2 aromatic heterocycles. The van der Waals surface area contributed by atoms with Gasteiger partial charge in [0.15, 0.2) is 5.58 Å². The van der Waals surface area contributed by atoms with Crippen molar-refractivity contribution in [1.29, 1.82) is 0 Å². The van der Waals surface area contributed by atoms with E-state index in [1.54, 1.807) is 30.3 Å². The van der Waals surface area contributed by atoms with Gasteiger partial charge in [-0.15, -0.1) is 0 Å². The molecule has 124 valence electrons. The Kier molecular flexibility index (Phi) is 3.68. The van der Waals surface area contributed by atoms with Crippen molar-refractivity contribution >= 4 is 17.1 Å². The van der Waals surface area contributed by atoms with Crippen molar-refractivity contribution in [2.45, 2.75) is 12.8 Å². The van der Waals surface area contributed by atoms with Crippen LogP contribution in [0, 0.1) is 0 Å². The van der Waals surface area contributed by atoms with Crippen molar-refractivity contribution in [3.05, 3.63) is 42.2 Å². The molecule has 3 heterocycles. The summed E-state index contributed by atoms with van der Waals surface area (Å²) in [5, 5.41) is 0. The monoisotopic (exact) mass is 329 g/mol. The summed E-state index contributed by atoms with van der Waals surface area (Å²) < 4.78 is 29.4. The fourth-order valence-corrected chi connectivity index (χ4v) is 2.48. The van der Waals surface area contributed by atoms with Crippen LogP contribution < -0.4 is 14.4 Å². The van der Waals surface area contributed by atoms with Gasteiger partial charge in [-0.1, -0.05) is 0 Å². The lowest BCUT2D eigenvalue weighted by Gasteiger charge is -2.32. The van der Waals surface area contributed by atoms with Gasteiger partial charge in [-0.2, -0.15) is 4.98 Å². The molecular weight excluding hydrogens is 313 g/mol. The van der Waals surface area contributed by atoms with E-state index in [0.717, 1.165) is 5.69 Å². The molecule has 0 amide bonds. The van der Waals surface area contributed by atoms with Crippen molar-refractivity contribution in [2.24, 2.45) is 0 Å². The number of pyridine rings is 1. The van der Waals surface area contributed by atoms with Gasteiger partial charge in [0, 0.05) is 6.07 Å². The predicted octanol–water partition coefficient (Wildman–Crippen LogP) is 2.97. The molecule has 3 aromatic rings. The zero-order chi connectivity index (χ0) is 16.5. The highest BCUT2D eigenvalue weighted by atomic mass is 19.1. The van der Waals surface area contributed by atoms with Crippen LogP contribution in [-0.2, 0) is 6.61 Å². The van der Waals surface area contributed by atoms with E-state index in [-0.39, 0.29) is 0 Å². The Morgan fingerprint density at radius 3 is 2.79 bits per heavy atom. The number of aromatic nitrogens is 2. The number of benzene rings is 1. The molecule has 0 bridgehead atoms. The topological polar surface area (TPSA) is 60.6 Å². The number of fused-ring (bicyclic) bond motifs is 1. The van der Waals surface area contributed by atoms with Gasteiger partial charge in [0.25, 0.3) is 6.01 Å². The van der Waals surface area contributed by atoms with Gasteiger partial charge in [-0.3, -0.25) is 4.98 Å². The summed E-state index contributed by atoms with van der Waals surface area (Å²) in [6.45, 7) is 1.01. The third kappa shape index (κ3) is 2.84. The number of hydrogen-bond donors (Lipinski definition) is 0. The molecular formula is C17H16FN3O3. The molecule has 0 unspecified atom stereocenters. The number of rotatable bonds is 5. The number of halogens is 1. The standard InChI is InChI=1S/C17H16FN3O3/c1-22-14-3-2-12(19-7-14)10-23-13-4-5-16-15(6-13)20-17(24-16)21-8-11(18)9-21/h2-7,11H,8-10H2,1H3.